The Morgan fingerprint density at radius 2 is 2.22 bits per heavy atom. The Hall–Kier alpha value is -1.46. The summed E-state index contributed by atoms with van der Waals surface area (Å²) in [5.74, 6) is 1.00. The molecule has 5 heteroatoms. The van der Waals surface area contributed by atoms with Gasteiger partial charge >= 0.3 is 0 Å². The van der Waals surface area contributed by atoms with Crippen molar-refractivity contribution in [1.82, 2.24) is 9.97 Å². The van der Waals surface area contributed by atoms with E-state index in [0.717, 1.165) is 24.5 Å². The monoisotopic (exact) mass is 262 g/mol. The molecule has 0 bridgehead atoms. The van der Waals surface area contributed by atoms with E-state index in [1.54, 1.807) is 11.3 Å². The third kappa shape index (κ3) is 3.05. The second kappa shape index (κ2) is 5.93. The highest BCUT2D eigenvalue weighted by molar-refractivity contribution is 7.07. The van der Waals surface area contributed by atoms with E-state index in [2.05, 4.69) is 33.2 Å². The molecule has 0 aliphatic rings. The minimum Gasteiger partial charge on any atom is -0.354 e. The fourth-order valence-corrected chi connectivity index (χ4v) is 2.51. The number of anilines is 1. The molecule has 96 valence electrons. The lowest BCUT2D eigenvalue weighted by Crippen LogP contribution is -2.19. The second-order valence-corrected chi connectivity index (χ2v) is 5.08. The fourth-order valence-electron chi connectivity index (χ4n) is 1.96. The van der Waals surface area contributed by atoms with Gasteiger partial charge in [-0.3, -0.25) is 0 Å². The smallest absolute Gasteiger partial charge is 0.131 e. The molecule has 2 rings (SSSR count). The van der Waals surface area contributed by atoms with E-state index in [9.17, 15) is 0 Å². The molecule has 4 nitrogen and oxygen atoms in total. The summed E-state index contributed by atoms with van der Waals surface area (Å²) in [6.45, 7) is 3.53. The van der Waals surface area contributed by atoms with E-state index < -0.39 is 0 Å². The van der Waals surface area contributed by atoms with Gasteiger partial charge in [-0.05, 0) is 31.0 Å². The number of hydrogen-bond acceptors (Lipinski definition) is 5. The van der Waals surface area contributed by atoms with E-state index in [1.807, 2.05) is 18.8 Å². The summed E-state index contributed by atoms with van der Waals surface area (Å²) in [5.41, 5.74) is 10.9. The van der Waals surface area contributed by atoms with Crippen LogP contribution >= 0.6 is 11.3 Å². The summed E-state index contributed by atoms with van der Waals surface area (Å²) in [6, 6.07) is 2.16. The van der Waals surface area contributed by atoms with Gasteiger partial charge in [0.2, 0.25) is 0 Å². The van der Waals surface area contributed by atoms with Crippen molar-refractivity contribution >= 4 is 17.2 Å². The molecule has 0 unspecified atom stereocenters. The predicted molar refractivity (Wildman–Crippen MR) is 76.0 cm³/mol. The molecule has 0 aliphatic carbocycles. The highest BCUT2D eigenvalue weighted by Gasteiger charge is 2.08. The molecule has 0 atom stereocenters. The number of aryl methyl sites for hydroxylation is 1. The summed E-state index contributed by atoms with van der Waals surface area (Å²) < 4.78 is 0. The molecule has 0 saturated heterocycles. The van der Waals surface area contributed by atoms with Gasteiger partial charge in [-0.1, -0.05) is 6.07 Å². The van der Waals surface area contributed by atoms with Crippen LogP contribution in [-0.4, -0.2) is 23.6 Å². The number of thiazole rings is 1. The number of nitrogens with zero attached hydrogens (tertiary/aromatic N) is 3. The van der Waals surface area contributed by atoms with Gasteiger partial charge in [-0.2, -0.15) is 0 Å². The molecular weight excluding hydrogens is 244 g/mol. The average molecular weight is 262 g/mol. The number of rotatable bonds is 5. The summed E-state index contributed by atoms with van der Waals surface area (Å²) >= 11 is 1.62. The quantitative estimate of drug-likeness (QED) is 0.895. The lowest BCUT2D eigenvalue weighted by Gasteiger charge is -2.19. The van der Waals surface area contributed by atoms with E-state index in [-0.39, 0.29) is 0 Å². The lowest BCUT2D eigenvalue weighted by molar-refractivity contribution is 0.862. The molecule has 18 heavy (non-hydrogen) atoms. The van der Waals surface area contributed by atoms with Gasteiger partial charge in [0.15, 0.2) is 0 Å². The van der Waals surface area contributed by atoms with Crippen LogP contribution in [0.5, 0.6) is 0 Å². The van der Waals surface area contributed by atoms with Crippen molar-refractivity contribution < 1.29 is 0 Å². The largest absolute Gasteiger partial charge is 0.354 e. The van der Waals surface area contributed by atoms with Crippen LogP contribution in [0.4, 0.5) is 5.82 Å². The van der Waals surface area contributed by atoms with Crippen LogP contribution in [0.2, 0.25) is 0 Å². The molecule has 0 fully saturated rings. The third-order valence-corrected chi connectivity index (χ3v) is 3.42. The predicted octanol–water partition coefficient (Wildman–Crippen LogP) is 1.98. The van der Waals surface area contributed by atoms with Crippen molar-refractivity contribution in [2.75, 3.05) is 18.5 Å². The van der Waals surface area contributed by atoms with Crippen LogP contribution in [0.3, 0.4) is 0 Å². The summed E-state index contributed by atoms with van der Waals surface area (Å²) in [4.78, 5) is 10.9. The van der Waals surface area contributed by atoms with Gasteiger partial charge in [0.25, 0.3) is 0 Å². The van der Waals surface area contributed by atoms with Crippen LogP contribution in [0, 0.1) is 6.92 Å². The van der Waals surface area contributed by atoms with E-state index >= 15 is 0 Å². The van der Waals surface area contributed by atoms with Crippen molar-refractivity contribution in [2.24, 2.45) is 5.73 Å². The highest BCUT2D eigenvalue weighted by Crippen LogP contribution is 2.18. The van der Waals surface area contributed by atoms with Crippen LogP contribution in [0.25, 0.3) is 0 Å². The Morgan fingerprint density at radius 3 is 2.83 bits per heavy atom. The molecule has 2 N–H and O–H groups in total. The normalized spacial score (nSPS) is 10.6. The van der Waals surface area contributed by atoms with Crippen molar-refractivity contribution in [3.8, 4) is 0 Å². The molecule has 2 aromatic heterocycles. The fraction of sp³-hybridized carbons (Fsp3) is 0.385. The van der Waals surface area contributed by atoms with E-state index in [1.165, 1.54) is 11.1 Å². The molecular formula is C13H18N4S. The zero-order chi connectivity index (χ0) is 13.0. The number of hydrogen-bond donors (Lipinski definition) is 1. The topological polar surface area (TPSA) is 55.0 Å². The van der Waals surface area contributed by atoms with Crippen molar-refractivity contribution in [3.63, 3.8) is 0 Å². The van der Waals surface area contributed by atoms with Crippen LogP contribution in [-0.2, 0) is 13.0 Å². The first-order valence-electron chi connectivity index (χ1n) is 5.94. The van der Waals surface area contributed by atoms with Crippen molar-refractivity contribution in [3.05, 3.63) is 40.0 Å². The molecule has 0 radical (unpaired) electrons. The molecule has 0 aliphatic heterocycles. The first-order valence-corrected chi connectivity index (χ1v) is 6.88. The van der Waals surface area contributed by atoms with E-state index in [4.69, 9.17) is 5.73 Å². The van der Waals surface area contributed by atoms with Gasteiger partial charge in [0.05, 0.1) is 17.7 Å². The number of aromatic nitrogens is 2. The molecule has 0 saturated carbocycles. The molecule has 0 aromatic carbocycles. The Balaban J connectivity index is 2.12. The average Bonchev–Trinajstić information content (AvgIpc) is 2.82. The Labute approximate surface area is 111 Å². The standard InChI is InChI=1S/C13H18N4S/c1-10-5-11(3-4-14)6-15-13(10)17(2)7-12-8-18-9-16-12/h5-6,8-9H,3-4,7,14H2,1-2H3. The van der Waals surface area contributed by atoms with Gasteiger partial charge in [-0.15, -0.1) is 11.3 Å². The molecule has 2 aromatic rings. The zero-order valence-electron chi connectivity index (χ0n) is 10.8. The Kier molecular flexibility index (Phi) is 4.28. The van der Waals surface area contributed by atoms with Gasteiger partial charge in [0.1, 0.15) is 5.82 Å². The van der Waals surface area contributed by atoms with Crippen molar-refractivity contribution in [1.29, 1.82) is 0 Å². The maximum atomic E-state index is 5.55. The maximum Gasteiger partial charge on any atom is 0.131 e. The number of nitrogens with two attached hydrogens (primary N) is 1. The lowest BCUT2D eigenvalue weighted by atomic mass is 10.1. The minimum absolute atomic E-state index is 0.662. The van der Waals surface area contributed by atoms with E-state index in [0.29, 0.717) is 6.54 Å². The van der Waals surface area contributed by atoms with Crippen LogP contribution in [0.15, 0.2) is 23.2 Å². The van der Waals surface area contributed by atoms with Gasteiger partial charge in [0, 0.05) is 18.6 Å². The minimum atomic E-state index is 0.662. The first kappa shape index (κ1) is 13.0. The number of pyridine rings is 1. The maximum absolute atomic E-state index is 5.55. The summed E-state index contributed by atoms with van der Waals surface area (Å²) in [6.07, 6.45) is 2.79. The second-order valence-electron chi connectivity index (χ2n) is 4.36. The highest BCUT2D eigenvalue weighted by atomic mass is 32.1. The SMILES string of the molecule is Cc1cc(CCN)cnc1N(C)Cc1cscn1. The molecule has 0 spiro atoms. The van der Waals surface area contributed by atoms with Gasteiger partial charge in [-0.25, -0.2) is 9.97 Å². The molecule has 2 heterocycles. The Morgan fingerprint density at radius 1 is 1.39 bits per heavy atom. The molecule has 0 amide bonds. The third-order valence-electron chi connectivity index (χ3n) is 2.78. The van der Waals surface area contributed by atoms with Gasteiger partial charge < -0.3 is 10.6 Å². The Bertz CT molecular complexity index is 496. The summed E-state index contributed by atoms with van der Waals surface area (Å²) in [7, 11) is 2.04. The first-order chi connectivity index (χ1) is 8.70. The van der Waals surface area contributed by atoms with Crippen LogP contribution in [0.1, 0.15) is 16.8 Å². The summed E-state index contributed by atoms with van der Waals surface area (Å²) in [5, 5.41) is 2.06. The van der Waals surface area contributed by atoms with Crippen LogP contribution < -0.4 is 10.6 Å². The van der Waals surface area contributed by atoms with Crippen molar-refractivity contribution in [2.45, 2.75) is 19.9 Å². The zero-order valence-corrected chi connectivity index (χ0v) is 11.6.